The smallest absolute Gasteiger partial charge is 0.342 e. The van der Waals surface area contributed by atoms with Crippen molar-refractivity contribution in [3.63, 3.8) is 0 Å². The Morgan fingerprint density at radius 1 is 1.00 bits per heavy atom. The van der Waals surface area contributed by atoms with Crippen molar-refractivity contribution in [1.29, 1.82) is 0 Å². The molecule has 5 heteroatoms. The molecule has 3 rings (SSSR count). The van der Waals surface area contributed by atoms with E-state index in [-0.39, 0.29) is 0 Å². The molecule has 0 saturated carbocycles. The van der Waals surface area contributed by atoms with Gasteiger partial charge in [-0.05, 0) is 44.7 Å². The fraction of sp³-hybridized carbons (Fsp3) is 0.190. The van der Waals surface area contributed by atoms with Crippen LogP contribution < -0.4 is 0 Å². The number of carbonyl (C=O) groups is 1. The zero-order valence-electron chi connectivity index (χ0n) is 15.0. The Morgan fingerprint density at radius 2 is 1.69 bits per heavy atom. The number of hydrogen-bond acceptors (Lipinski definition) is 5. The Balaban J connectivity index is 2.10. The zero-order chi connectivity index (χ0) is 18.5. The van der Waals surface area contributed by atoms with E-state index in [1.54, 1.807) is 6.92 Å². The van der Waals surface area contributed by atoms with Crippen molar-refractivity contribution in [2.45, 2.75) is 30.8 Å². The van der Waals surface area contributed by atoms with Gasteiger partial charge >= 0.3 is 5.97 Å². The Hall–Kier alpha value is -2.66. The summed E-state index contributed by atoms with van der Waals surface area (Å²) < 4.78 is 5.23. The molecule has 0 atom stereocenters. The topological polar surface area (TPSA) is 52.1 Å². The second-order valence-corrected chi connectivity index (χ2v) is 6.86. The van der Waals surface area contributed by atoms with Crippen LogP contribution in [0.4, 0.5) is 0 Å². The lowest BCUT2D eigenvalue weighted by Crippen LogP contribution is -2.12. The molecule has 0 spiro atoms. The molecule has 132 valence electrons. The van der Waals surface area contributed by atoms with Crippen molar-refractivity contribution in [3.05, 3.63) is 71.4 Å². The molecule has 0 fully saturated rings. The van der Waals surface area contributed by atoms with Crippen molar-refractivity contribution < 1.29 is 9.53 Å². The van der Waals surface area contributed by atoms with E-state index < -0.39 is 5.97 Å². The lowest BCUT2D eigenvalue weighted by Gasteiger charge is -2.13. The standard InChI is InChI=1S/C21H20N2O2S/c1-4-25-20(24)18-15(3)22-21(26-17-8-6-5-7-9-17)23-19(18)16-12-10-14(2)11-13-16/h5-13H,4H2,1-3H3. The minimum absolute atomic E-state index is 0.312. The number of esters is 1. The minimum Gasteiger partial charge on any atom is -0.462 e. The molecule has 0 N–H and O–H groups in total. The number of benzene rings is 2. The minimum atomic E-state index is -0.392. The van der Waals surface area contributed by atoms with Gasteiger partial charge in [-0.15, -0.1) is 0 Å². The highest BCUT2D eigenvalue weighted by molar-refractivity contribution is 7.99. The van der Waals surface area contributed by atoms with Crippen LogP contribution >= 0.6 is 11.8 Å². The summed E-state index contributed by atoms with van der Waals surface area (Å²) in [7, 11) is 0. The first-order valence-corrected chi connectivity index (χ1v) is 9.26. The number of ether oxygens (including phenoxy) is 1. The molecule has 2 aromatic carbocycles. The van der Waals surface area contributed by atoms with Gasteiger partial charge in [-0.25, -0.2) is 14.8 Å². The van der Waals surface area contributed by atoms with E-state index in [4.69, 9.17) is 4.74 Å². The van der Waals surface area contributed by atoms with Crippen molar-refractivity contribution in [1.82, 2.24) is 9.97 Å². The molecule has 3 aromatic rings. The maximum absolute atomic E-state index is 12.5. The third-order valence-electron chi connectivity index (χ3n) is 3.83. The highest BCUT2D eigenvalue weighted by Gasteiger charge is 2.21. The van der Waals surface area contributed by atoms with Crippen molar-refractivity contribution in [3.8, 4) is 11.3 Å². The molecule has 0 aliphatic carbocycles. The van der Waals surface area contributed by atoms with Crippen LogP contribution in [0.15, 0.2) is 64.6 Å². The third kappa shape index (κ3) is 4.11. The summed E-state index contributed by atoms with van der Waals surface area (Å²) in [6.45, 7) is 5.95. The molecule has 0 radical (unpaired) electrons. The van der Waals surface area contributed by atoms with Crippen molar-refractivity contribution in [2.24, 2.45) is 0 Å². The molecule has 0 saturated heterocycles. The Kier molecular flexibility index (Phi) is 5.68. The van der Waals surface area contributed by atoms with E-state index in [2.05, 4.69) is 9.97 Å². The molecule has 0 bridgehead atoms. The molecular formula is C21H20N2O2S. The molecule has 1 heterocycles. The summed E-state index contributed by atoms with van der Waals surface area (Å²) in [5, 5.41) is 0.609. The summed E-state index contributed by atoms with van der Waals surface area (Å²) in [6, 6.07) is 17.9. The third-order valence-corrected chi connectivity index (χ3v) is 4.70. The number of rotatable bonds is 5. The van der Waals surface area contributed by atoms with Crippen LogP contribution in [0, 0.1) is 13.8 Å². The van der Waals surface area contributed by atoms with Gasteiger partial charge in [-0.2, -0.15) is 0 Å². The van der Waals surface area contributed by atoms with E-state index in [9.17, 15) is 4.79 Å². The summed E-state index contributed by atoms with van der Waals surface area (Å²) in [5.74, 6) is -0.392. The predicted octanol–water partition coefficient (Wildman–Crippen LogP) is 5.09. The molecule has 0 unspecified atom stereocenters. The average Bonchev–Trinajstić information content (AvgIpc) is 2.63. The van der Waals surface area contributed by atoms with Gasteiger partial charge in [0.2, 0.25) is 0 Å². The highest BCUT2D eigenvalue weighted by Crippen LogP contribution is 2.30. The number of nitrogens with zero attached hydrogens (tertiary/aromatic N) is 2. The summed E-state index contributed by atoms with van der Waals surface area (Å²) in [6.07, 6.45) is 0. The lowest BCUT2D eigenvalue weighted by atomic mass is 10.0. The first-order valence-electron chi connectivity index (χ1n) is 8.44. The maximum Gasteiger partial charge on any atom is 0.342 e. The van der Waals surface area contributed by atoms with E-state index in [0.717, 1.165) is 16.0 Å². The molecule has 0 aliphatic heterocycles. The second kappa shape index (κ2) is 8.15. The SMILES string of the molecule is CCOC(=O)c1c(C)nc(Sc2ccccc2)nc1-c1ccc(C)cc1. The summed E-state index contributed by atoms with van der Waals surface area (Å²) in [4.78, 5) is 22.7. The monoisotopic (exact) mass is 364 g/mol. The molecule has 0 amide bonds. The first kappa shape index (κ1) is 18.1. The van der Waals surface area contributed by atoms with Crippen LogP contribution in [0.25, 0.3) is 11.3 Å². The highest BCUT2D eigenvalue weighted by atomic mass is 32.2. The molecule has 0 aliphatic rings. The van der Waals surface area contributed by atoms with Gasteiger partial charge in [0, 0.05) is 10.5 Å². The van der Waals surface area contributed by atoms with Crippen LogP contribution in [-0.4, -0.2) is 22.5 Å². The van der Waals surface area contributed by atoms with E-state index >= 15 is 0 Å². The van der Waals surface area contributed by atoms with Crippen LogP contribution in [0.1, 0.15) is 28.5 Å². The Morgan fingerprint density at radius 3 is 2.35 bits per heavy atom. The Labute approximate surface area is 157 Å². The summed E-state index contributed by atoms with van der Waals surface area (Å²) >= 11 is 1.47. The fourth-order valence-electron chi connectivity index (χ4n) is 2.55. The van der Waals surface area contributed by atoms with Crippen LogP contribution in [0.3, 0.4) is 0 Å². The van der Waals surface area contributed by atoms with Crippen LogP contribution in [-0.2, 0) is 4.74 Å². The van der Waals surface area contributed by atoms with Crippen LogP contribution in [0.5, 0.6) is 0 Å². The predicted molar refractivity (Wildman–Crippen MR) is 103 cm³/mol. The summed E-state index contributed by atoms with van der Waals surface area (Å²) in [5.41, 5.74) is 3.67. The van der Waals surface area contributed by atoms with E-state index in [0.29, 0.717) is 28.7 Å². The molecule has 26 heavy (non-hydrogen) atoms. The van der Waals surface area contributed by atoms with Gasteiger partial charge in [0.05, 0.1) is 18.0 Å². The molecule has 4 nitrogen and oxygen atoms in total. The normalized spacial score (nSPS) is 10.6. The van der Waals surface area contributed by atoms with Crippen molar-refractivity contribution >= 4 is 17.7 Å². The molecule has 1 aromatic heterocycles. The van der Waals surface area contributed by atoms with Gasteiger partial charge in [0.15, 0.2) is 5.16 Å². The number of hydrogen-bond donors (Lipinski definition) is 0. The number of aryl methyl sites for hydroxylation is 2. The Bertz CT molecular complexity index is 909. The van der Waals surface area contributed by atoms with Crippen molar-refractivity contribution in [2.75, 3.05) is 6.61 Å². The number of aromatic nitrogens is 2. The van der Waals surface area contributed by atoms with Gasteiger partial charge in [0.1, 0.15) is 5.56 Å². The maximum atomic E-state index is 12.5. The number of carbonyl (C=O) groups excluding carboxylic acids is 1. The molecular weight excluding hydrogens is 344 g/mol. The van der Waals surface area contributed by atoms with Gasteiger partial charge in [-0.3, -0.25) is 0 Å². The largest absolute Gasteiger partial charge is 0.462 e. The van der Waals surface area contributed by atoms with Gasteiger partial charge in [-0.1, -0.05) is 48.0 Å². The zero-order valence-corrected chi connectivity index (χ0v) is 15.8. The quantitative estimate of drug-likeness (QED) is 0.466. The lowest BCUT2D eigenvalue weighted by molar-refractivity contribution is 0.0525. The van der Waals surface area contributed by atoms with Gasteiger partial charge < -0.3 is 4.74 Å². The average molecular weight is 364 g/mol. The van der Waals surface area contributed by atoms with Crippen LogP contribution in [0.2, 0.25) is 0 Å². The second-order valence-electron chi connectivity index (χ2n) is 5.82. The fourth-order valence-corrected chi connectivity index (χ4v) is 3.38. The van der Waals surface area contributed by atoms with Gasteiger partial charge in [0.25, 0.3) is 0 Å². The first-order chi connectivity index (χ1) is 12.6. The van der Waals surface area contributed by atoms with E-state index in [1.807, 2.05) is 68.4 Å². The van der Waals surface area contributed by atoms with E-state index in [1.165, 1.54) is 11.8 Å².